The van der Waals surface area contributed by atoms with Crippen LogP contribution in [0.25, 0.3) is 0 Å². The number of carbonyl (C=O) groups excluding carboxylic acids is 6. The van der Waals surface area contributed by atoms with Crippen LogP contribution in [0.4, 0.5) is 5.69 Å². The number of esters is 3. The summed E-state index contributed by atoms with van der Waals surface area (Å²) in [7, 11) is 0. The number of aromatic carboxylic acids is 1. The Morgan fingerprint density at radius 2 is 1.14 bits per heavy atom. The molecule has 2 amide bonds. The number of anilines is 1. The maximum atomic E-state index is 13.5. The molecule has 0 atom stereocenters. The Kier molecular flexibility index (Phi) is 15.3. The van der Waals surface area contributed by atoms with Gasteiger partial charge in [0.05, 0.1) is 20.8 Å². The monoisotopic (exact) mass is 852 g/mol. The van der Waals surface area contributed by atoms with Crippen molar-refractivity contribution < 1.29 is 77.6 Å². The Morgan fingerprint density at radius 1 is 0.750 bits per heavy atom. The Labute approximate surface area is 269 Å². The molecule has 2 N–H and O–H groups in total. The molecule has 1 rings (SSSR count). The van der Waals surface area contributed by atoms with E-state index >= 15 is 0 Å². The van der Waals surface area contributed by atoms with E-state index in [0.29, 0.717) is 0 Å². The Balaban J connectivity index is 0.0000122. The summed E-state index contributed by atoms with van der Waals surface area (Å²) in [4.78, 5) is 71.5. The summed E-state index contributed by atoms with van der Waals surface area (Å²) in [6, 6.07) is 0. The number of nitrogens with one attached hydrogen (secondary N) is 2. The van der Waals surface area contributed by atoms with Crippen molar-refractivity contribution in [2.24, 2.45) is 0 Å². The molecule has 0 saturated carbocycles. The number of carbonyl (C=O) groups is 6. The van der Waals surface area contributed by atoms with Crippen LogP contribution in [0, 0.1) is 10.7 Å². The molecule has 0 spiro atoms. The van der Waals surface area contributed by atoms with E-state index < -0.39 is 61.1 Å². The molecule has 16 heteroatoms. The second-order valence-corrected chi connectivity index (χ2v) is 10.3. The average molecular weight is 852 g/mol. The number of hydrogen-bond donors (Lipinski definition) is 2. The smallest absolute Gasteiger partial charge is 0.545 e. The molecule has 0 radical (unpaired) electrons. The molecule has 0 aliphatic rings. The normalized spacial score (nSPS) is 10.4. The fraction of sp³-hybridized carbons (Fsp3) is 0.400. The van der Waals surface area contributed by atoms with Gasteiger partial charge in [0.15, 0.2) is 0 Å². The van der Waals surface area contributed by atoms with Gasteiger partial charge in [-0.05, 0) is 67.8 Å². The third-order valence-electron chi connectivity index (χ3n) is 4.08. The maximum absolute atomic E-state index is 13.5. The molecule has 0 fully saturated rings. The summed E-state index contributed by atoms with van der Waals surface area (Å²) >= 11 is 5.16. The SMILES string of the molecule is CC(=O)Nc1c(I)c(C(=O)[O-])c(I)c(C(=O)NC(COC(C)=O)(COC(C)=O)COC(C)=O)c1I.[Na+]. The van der Waals surface area contributed by atoms with E-state index in [9.17, 15) is 33.9 Å². The molecule has 36 heavy (non-hydrogen) atoms. The fourth-order valence-corrected chi connectivity index (χ4v) is 6.95. The molecule has 0 saturated heterocycles. The Hall–Kier alpha value is -0.770. The number of amides is 2. The van der Waals surface area contributed by atoms with Crippen LogP contribution in [0.5, 0.6) is 0 Å². The molecule has 12 nitrogen and oxygen atoms in total. The van der Waals surface area contributed by atoms with Gasteiger partial charge in [0.2, 0.25) is 5.91 Å². The number of rotatable bonds is 10. The summed E-state index contributed by atoms with van der Waals surface area (Å²) in [5.74, 6) is -5.14. The van der Waals surface area contributed by atoms with Crippen molar-refractivity contribution in [3.63, 3.8) is 0 Å². The van der Waals surface area contributed by atoms with Crippen molar-refractivity contribution >= 4 is 109 Å². The standard InChI is InChI=1S/C20H21I3N2O10.Na/c1-8(26)24-17-15(22)12(14(21)13(16(17)23)19(31)32)18(30)25-20(5-33-9(2)27,6-34-10(3)28)7-35-11(4)29;/h5-7H2,1-4H3,(H,24,26)(H,25,30)(H,31,32);/q;+1/p-1. The molecule has 0 aromatic heterocycles. The van der Waals surface area contributed by atoms with Gasteiger partial charge >= 0.3 is 47.5 Å². The third kappa shape index (κ3) is 10.2. The molecular weight excluding hydrogens is 832 g/mol. The molecule has 192 valence electrons. The topological polar surface area (TPSA) is 177 Å². The van der Waals surface area contributed by atoms with Gasteiger partial charge in [0.25, 0.3) is 5.91 Å². The van der Waals surface area contributed by atoms with Crippen LogP contribution in [0.2, 0.25) is 0 Å². The summed E-state index contributed by atoms with van der Waals surface area (Å²) in [6.45, 7) is 2.92. The third-order valence-corrected chi connectivity index (χ3v) is 7.32. The summed E-state index contributed by atoms with van der Waals surface area (Å²) in [6.07, 6.45) is 0. The number of carboxylic acid groups (broad SMARTS) is 1. The number of hydrogen-bond acceptors (Lipinski definition) is 10. The number of ether oxygens (including phenoxy) is 3. The van der Waals surface area contributed by atoms with Gasteiger partial charge in [0, 0.05) is 40.4 Å². The van der Waals surface area contributed by atoms with Gasteiger partial charge in [-0.1, -0.05) is 0 Å². The van der Waals surface area contributed by atoms with Gasteiger partial charge in [-0.2, -0.15) is 0 Å². The second-order valence-electron chi connectivity index (χ2n) is 7.11. The van der Waals surface area contributed by atoms with Crippen LogP contribution in [0.15, 0.2) is 0 Å². The van der Waals surface area contributed by atoms with Crippen molar-refractivity contribution in [2.75, 3.05) is 25.1 Å². The van der Waals surface area contributed by atoms with E-state index in [-0.39, 0.29) is 57.1 Å². The predicted octanol–water partition coefficient (Wildman–Crippen LogP) is -2.02. The number of halogens is 3. The van der Waals surface area contributed by atoms with E-state index in [0.717, 1.165) is 20.8 Å². The van der Waals surface area contributed by atoms with Gasteiger partial charge < -0.3 is 34.7 Å². The molecule has 0 aliphatic carbocycles. The van der Waals surface area contributed by atoms with Crippen LogP contribution in [0.3, 0.4) is 0 Å². The van der Waals surface area contributed by atoms with Crippen LogP contribution in [0.1, 0.15) is 48.4 Å². The minimum Gasteiger partial charge on any atom is -0.545 e. The largest absolute Gasteiger partial charge is 1.00 e. The number of carboxylic acids is 1. The van der Waals surface area contributed by atoms with E-state index in [1.807, 2.05) is 0 Å². The van der Waals surface area contributed by atoms with Crippen LogP contribution in [-0.4, -0.2) is 61.1 Å². The van der Waals surface area contributed by atoms with Crippen molar-refractivity contribution in [1.82, 2.24) is 5.32 Å². The quantitative estimate of drug-likeness (QED) is 0.116. The zero-order valence-corrected chi connectivity index (χ0v) is 28.3. The summed E-state index contributed by atoms with van der Waals surface area (Å²) in [5, 5.41) is 16.9. The van der Waals surface area contributed by atoms with E-state index in [2.05, 4.69) is 10.6 Å². The Bertz CT molecular complexity index is 1040. The summed E-state index contributed by atoms with van der Waals surface area (Å²) in [5.41, 5.74) is -2.11. The van der Waals surface area contributed by atoms with Gasteiger partial charge in [0.1, 0.15) is 25.4 Å². The van der Waals surface area contributed by atoms with Crippen molar-refractivity contribution in [2.45, 2.75) is 33.2 Å². The zero-order valence-electron chi connectivity index (χ0n) is 19.8. The first kappa shape index (κ1) is 35.2. The van der Waals surface area contributed by atoms with Crippen LogP contribution < -0.4 is 45.3 Å². The first-order valence-electron chi connectivity index (χ1n) is 9.53. The van der Waals surface area contributed by atoms with Crippen LogP contribution in [-0.2, 0) is 33.4 Å². The van der Waals surface area contributed by atoms with Gasteiger partial charge in [-0.15, -0.1) is 0 Å². The van der Waals surface area contributed by atoms with Crippen molar-refractivity contribution in [3.05, 3.63) is 21.8 Å². The molecular formula is C20H20I3N2NaO10. The molecule has 0 bridgehead atoms. The molecule has 0 unspecified atom stereocenters. The first-order valence-corrected chi connectivity index (χ1v) is 12.8. The van der Waals surface area contributed by atoms with Crippen LogP contribution >= 0.6 is 67.8 Å². The molecule has 0 heterocycles. The number of benzene rings is 1. The Morgan fingerprint density at radius 3 is 1.47 bits per heavy atom. The first-order chi connectivity index (χ1) is 16.1. The fourth-order valence-electron chi connectivity index (χ4n) is 2.58. The van der Waals surface area contributed by atoms with E-state index in [1.165, 1.54) is 6.92 Å². The van der Waals surface area contributed by atoms with Crippen molar-refractivity contribution in [3.8, 4) is 0 Å². The molecule has 1 aromatic carbocycles. The molecule has 1 aromatic rings. The minimum absolute atomic E-state index is 0. The second kappa shape index (κ2) is 15.6. The maximum Gasteiger partial charge on any atom is 1.00 e. The van der Waals surface area contributed by atoms with Gasteiger partial charge in [-0.25, -0.2) is 0 Å². The molecule has 0 aliphatic heterocycles. The summed E-state index contributed by atoms with van der Waals surface area (Å²) < 4.78 is 15.4. The average Bonchev–Trinajstić information content (AvgIpc) is 2.71. The predicted molar refractivity (Wildman–Crippen MR) is 143 cm³/mol. The van der Waals surface area contributed by atoms with E-state index in [1.54, 1.807) is 67.8 Å². The van der Waals surface area contributed by atoms with Crippen molar-refractivity contribution in [1.29, 1.82) is 0 Å². The van der Waals surface area contributed by atoms with E-state index in [4.69, 9.17) is 14.2 Å². The van der Waals surface area contributed by atoms with Gasteiger partial charge in [-0.3, -0.25) is 24.0 Å². The minimum atomic E-state index is -1.72. The zero-order chi connectivity index (χ0) is 27.1.